The third-order valence-corrected chi connectivity index (χ3v) is 5.93. The van der Waals surface area contributed by atoms with Gasteiger partial charge in [-0.1, -0.05) is 40.2 Å². The van der Waals surface area contributed by atoms with E-state index in [0.717, 1.165) is 6.07 Å². The normalized spacial score (nSPS) is 14.3. The van der Waals surface area contributed by atoms with Crippen molar-refractivity contribution in [1.29, 1.82) is 0 Å². The van der Waals surface area contributed by atoms with Crippen molar-refractivity contribution in [1.82, 2.24) is 5.32 Å². The van der Waals surface area contributed by atoms with Crippen LogP contribution in [0.5, 0.6) is 11.5 Å². The standard InChI is InChI=1S/C27H21BrFN3O6/c1-2-37-22-12-16(21(28)14-23(22)38-15-24(33)30-18-8-4-3-5-9-18)11-20-25(34)31-27(36)32(26(20)35)19-10-6-7-17(29)13-19/h3-14H,2,15H2,1H3,(H,30,33)(H,31,34,36)/b20-11+. The zero-order valence-corrected chi connectivity index (χ0v) is 21.6. The molecule has 3 aromatic rings. The molecule has 4 rings (SSSR count). The predicted octanol–water partition coefficient (Wildman–Crippen LogP) is 4.67. The van der Waals surface area contributed by atoms with E-state index in [1.807, 2.05) is 6.07 Å². The Morgan fingerprint density at radius 3 is 2.47 bits per heavy atom. The van der Waals surface area contributed by atoms with Crippen molar-refractivity contribution < 1.29 is 33.0 Å². The molecular weight excluding hydrogens is 561 g/mol. The first-order chi connectivity index (χ1) is 18.3. The number of para-hydroxylation sites is 1. The van der Waals surface area contributed by atoms with Gasteiger partial charge in [0.2, 0.25) is 0 Å². The van der Waals surface area contributed by atoms with Crippen LogP contribution in [0.4, 0.5) is 20.6 Å². The van der Waals surface area contributed by atoms with E-state index < -0.39 is 23.7 Å². The van der Waals surface area contributed by atoms with Crippen molar-refractivity contribution >= 4 is 57.1 Å². The fourth-order valence-electron chi connectivity index (χ4n) is 3.57. The number of anilines is 2. The molecule has 11 heteroatoms. The van der Waals surface area contributed by atoms with Crippen molar-refractivity contribution in [2.24, 2.45) is 0 Å². The third kappa shape index (κ3) is 6.06. The number of hydrogen-bond donors (Lipinski definition) is 2. The van der Waals surface area contributed by atoms with Gasteiger partial charge in [0.25, 0.3) is 17.7 Å². The average molecular weight is 582 g/mol. The Hall–Kier alpha value is -4.51. The van der Waals surface area contributed by atoms with Crippen molar-refractivity contribution in [3.63, 3.8) is 0 Å². The number of ether oxygens (including phenoxy) is 2. The number of nitrogens with zero attached hydrogens (tertiary/aromatic N) is 1. The molecule has 1 fully saturated rings. The third-order valence-electron chi connectivity index (χ3n) is 5.25. The molecule has 3 aromatic carbocycles. The highest BCUT2D eigenvalue weighted by Gasteiger charge is 2.37. The van der Waals surface area contributed by atoms with Gasteiger partial charge in [0.15, 0.2) is 18.1 Å². The maximum absolute atomic E-state index is 13.7. The summed E-state index contributed by atoms with van der Waals surface area (Å²) in [4.78, 5) is 51.0. The molecule has 0 aliphatic carbocycles. The van der Waals surface area contributed by atoms with Gasteiger partial charge in [-0.05, 0) is 61.0 Å². The van der Waals surface area contributed by atoms with Crippen LogP contribution < -0.4 is 25.0 Å². The SMILES string of the molecule is CCOc1cc(/C=C2\C(=O)NC(=O)N(c3cccc(F)c3)C2=O)c(Br)cc1OCC(=O)Nc1ccccc1. The lowest BCUT2D eigenvalue weighted by Gasteiger charge is -2.26. The number of hydrogen-bond acceptors (Lipinski definition) is 6. The first kappa shape index (κ1) is 26.6. The van der Waals surface area contributed by atoms with E-state index in [9.17, 15) is 23.6 Å². The van der Waals surface area contributed by atoms with Gasteiger partial charge in [0.05, 0.1) is 12.3 Å². The first-order valence-electron chi connectivity index (χ1n) is 11.4. The summed E-state index contributed by atoms with van der Waals surface area (Å²) in [6.07, 6.45) is 1.27. The number of nitrogens with one attached hydrogen (secondary N) is 2. The number of carbonyl (C=O) groups is 4. The monoisotopic (exact) mass is 581 g/mol. The molecule has 1 saturated heterocycles. The van der Waals surface area contributed by atoms with E-state index in [1.165, 1.54) is 36.4 Å². The molecule has 1 aliphatic rings. The van der Waals surface area contributed by atoms with Crippen LogP contribution in [0, 0.1) is 5.82 Å². The van der Waals surface area contributed by atoms with Gasteiger partial charge in [-0.2, -0.15) is 0 Å². The van der Waals surface area contributed by atoms with Crippen LogP contribution in [0.25, 0.3) is 6.08 Å². The van der Waals surface area contributed by atoms with E-state index in [-0.39, 0.29) is 41.9 Å². The molecule has 0 atom stereocenters. The molecule has 38 heavy (non-hydrogen) atoms. The van der Waals surface area contributed by atoms with Crippen LogP contribution in [0.1, 0.15) is 12.5 Å². The molecule has 1 aliphatic heterocycles. The quantitative estimate of drug-likeness (QED) is 0.295. The van der Waals surface area contributed by atoms with E-state index in [1.54, 1.807) is 31.2 Å². The molecule has 0 bridgehead atoms. The molecule has 0 aromatic heterocycles. The highest BCUT2D eigenvalue weighted by molar-refractivity contribution is 9.10. The summed E-state index contributed by atoms with van der Waals surface area (Å²) in [5.74, 6) is -2.35. The van der Waals surface area contributed by atoms with Gasteiger partial charge >= 0.3 is 6.03 Å². The molecular formula is C27H21BrFN3O6. The summed E-state index contributed by atoms with van der Waals surface area (Å²) in [7, 11) is 0. The van der Waals surface area contributed by atoms with Gasteiger partial charge in [0, 0.05) is 10.2 Å². The molecule has 0 saturated carbocycles. The van der Waals surface area contributed by atoms with Gasteiger partial charge in [-0.15, -0.1) is 0 Å². The Morgan fingerprint density at radius 2 is 1.76 bits per heavy atom. The summed E-state index contributed by atoms with van der Waals surface area (Å²) >= 11 is 3.39. The minimum Gasteiger partial charge on any atom is -0.490 e. The van der Waals surface area contributed by atoms with Crippen molar-refractivity contribution in [2.45, 2.75) is 6.92 Å². The fraction of sp³-hybridized carbons (Fsp3) is 0.111. The average Bonchev–Trinajstić information content (AvgIpc) is 2.88. The van der Waals surface area contributed by atoms with E-state index in [0.29, 0.717) is 20.6 Å². The second-order valence-electron chi connectivity index (χ2n) is 7.89. The summed E-state index contributed by atoms with van der Waals surface area (Å²) in [6, 6.07) is 15.9. The maximum atomic E-state index is 13.7. The zero-order valence-electron chi connectivity index (χ0n) is 20.0. The van der Waals surface area contributed by atoms with Crippen molar-refractivity contribution in [2.75, 3.05) is 23.4 Å². The lowest BCUT2D eigenvalue weighted by Crippen LogP contribution is -2.54. The highest BCUT2D eigenvalue weighted by atomic mass is 79.9. The minimum absolute atomic E-state index is 0.0301. The Labute approximate surface area is 225 Å². The fourth-order valence-corrected chi connectivity index (χ4v) is 4.00. The minimum atomic E-state index is -0.991. The van der Waals surface area contributed by atoms with E-state index in [4.69, 9.17) is 9.47 Å². The molecule has 0 radical (unpaired) electrons. The summed E-state index contributed by atoms with van der Waals surface area (Å²) in [5, 5.41) is 4.81. The van der Waals surface area contributed by atoms with Crippen molar-refractivity contribution in [3.8, 4) is 11.5 Å². The number of amides is 5. The van der Waals surface area contributed by atoms with Gasteiger partial charge in [-0.3, -0.25) is 19.7 Å². The van der Waals surface area contributed by atoms with Crippen LogP contribution in [0.2, 0.25) is 0 Å². The second-order valence-corrected chi connectivity index (χ2v) is 8.75. The molecule has 0 unspecified atom stereocenters. The molecule has 0 spiro atoms. The smallest absolute Gasteiger partial charge is 0.335 e. The lowest BCUT2D eigenvalue weighted by atomic mass is 10.1. The number of benzene rings is 3. The Kier molecular flexibility index (Phi) is 8.17. The van der Waals surface area contributed by atoms with E-state index in [2.05, 4.69) is 26.6 Å². The van der Waals surface area contributed by atoms with Crippen LogP contribution >= 0.6 is 15.9 Å². The topological polar surface area (TPSA) is 114 Å². The van der Waals surface area contributed by atoms with Gasteiger partial charge < -0.3 is 14.8 Å². The number of carbonyl (C=O) groups excluding carboxylic acids is 4. The summed E-state index contributed by atoms with van der Waals surface area (Å²) < 4.78 is 25.5. The lowest BCUT2D eigenvalue weighted by molar-refractivity contribution is -0.122. The predicted molar refractivity (Wildman–Crippen MR) is 141 cm³/mol. The number of imide groups is 2. The number of urea groups is 1. The number of rotatable bonds is 8. The maximum Gasteiger partial charge on any atom is 0.335 e. The molecule has 2 N–H and O–H groups in total. The van der Waals surface area contributed by atoms with Crippen LogP contribution in [0.3, 0.4) is 0 Å². The molecule has 1 heterocycles. The van der Waals surface area contributed by atoms with Gasteiger partial charge in [-0.25, -0.2) is 14.1 Å². The highest BCUT2D eigenvalue weighted by Crippen LogP contribution is 2.35. The summed E-state index contributed by atoms with van der Waals surface area (Å²) in [5.41, 5.74) is 0.600. The van der Waals surface area contributed by atoms with Crippen LogP contribution in [-0.4, -0.2) is 37.0 Å². The van der Waals surface area contributed by atoms with Gasteiger partial charge in [0.1, 0.15) is 11.4 Å². The van der Waals surface area contributed by atoms with Crippen molar-refractivity contribution in [3.05, 3.63) is 88.2 Å². The largest absolute Gasteiger partial charge is 0.490 e. The Morgan fingerprint density at radius 1 is 1.03 bits per heavy atom. The number of barbiturate groups is 1. The number of halogens is 2. The Bertz CT molecular complexity index is 1440. The second kappa shape index (κ2) is 11.7. The Balaban J connectivity index is 1.59. The van der Waals surface area contributed by atoms with Crippen LogP contribution in [-0.2, 0) is 14.4 Å². The zero-order chi connectivity index (χ0) is 27.2. The van der Waals surface area contributed by atoms with Crippen LogP contribution in [0.15, 0.2) is 76.8 Å². The first-order valence-corrected chi connectivity index (χ1v) is 12.2. The summed E-state index contributed by atoms with van der Waals surface area (Å²) in [6.45, 7) is 1.73. The molecule has 194 valence electrons. The molecule has 5 amide bonds. The molecule has 9 nitrogen and oxygen atoms in total. The van der Waals surface area contributed by atoms with E-state index >= 15 is 0 Å².